The van der Waals surface area contributed by atoms with Crippen LogP contribution >= 0.6 is 11.3 Å². The second-order valence-corrected chi connectivity index (χ2v) is 8.02. The van der Waals surface area contributed by atoms with E-state index in [4.69, 9.17) is 5.11 Å². The molecule has 0 radical (unpaired) electrons. The number of nitrogens with one attached hydrogen (secondary N) is 1. The van der Waals surface area contributed by atoms with E-state index in [1.54, 1.807) is 0 Å². The van der Waals surface area contributed by atoms with Gasteiger partial charge in [-0.25, -0.2) is 13.1 Å². The van der Waals surface area contributed by atoms with Crippen molar-refractivity contribution in [3.05, 3.63) is 52.2 Å². The van der Waals surface area contributed by atoms with Crippen LogP contribution < -0.4 is 4.72 Å². The van der Waals surface area contributed by atoms with E-state index in [1.807, 2.05) is 16.8 Å². The minimum Gasteiger partial charge on any atom is -0.396 e. The van der Waals surface area contributed by atoms with Gasteiger partial charge in [0.2, 0.25) is 10.0 Å². The zero-order valence-electron chi connectivity index (χ0n) is 13.2. The third kappa shape index (κ3) is 5.53. The van der Waals surface area contributed by atoms with Gasteiger partial charge in [0, 0.05) is 13.2 Å². The molecule has 0 aliphatic rings. The van der Waals surface area contributed by atoms with Crippen LogP contribution in [0.5, 0.6) is 0 Å². The lowest BCUT2D eigenvalue weighted by Crippen LogP contribution is -2.26. The number of aliphatic hydroxyl groups excluding tert-OH is 1. The van der Waals surface area contributed by atoms with Crippen molar-refractivity contribution in [3.63, 3.8) is 0 Å². The van der Waals surface area contributed by atoms with Crippen molar-refractivity contribution in [2.75, 3.05) is 13.2 Å². The highest BCUT2D eigenvalue weighted by Gasteiger charge is 2.30. The summed E-state index contributed by atoms with van der Waals surface area (Å²) in [4.78, 5) is -0.213. The van der Waals surface area contributed by atoms with Gasteiger partial charge in [0.05, 0.1) is 10.5 Å². The molecule has 0 saturated heterocycles. The van der Waals surface area contributed by atoms with Gasteiger partial charge in [-0.1, -0.05) is 0 Å². The molecule has 0 bridgehead atoms. The van der Waals surface area contributed by atoms with Gasteiger partial charge in [0.25, 0.3) is 0 Å². The maximum atomic E-state index is 12.5. The second kappa shape index (κ2) is 8.31. The lowest BCUT2D eigenvalue weighted by molar-refractivity contribution is -0.137. The average molecular weight is 393 g/mol. The minimum atomic E-state index is -4.51. The molecule has 4 nitrogen and oxygen atoms in total. The molecule has 25 heavy (non-hydrogen) atoms. The predicted molar refractivity (Wildman–Crippen MR) is 90.0 cm³/mol. The fourth-order valence-electron chi connectivity index (χ4n) is 2.41. The van der Waals surface area contributed by atoms with Gasteiger partial charge in [0.1, 0.15) is 0 Å². The normalized spacial score (nSPS) is 13.8. The molecule has 0 aliphatic heterocycles. The van der Waals surface area contributed by atoms with Gasteiger partial charge < -0.3 is 5.11 Å². The molecular formula is C16H18F3NO3S2. The Bertz CT molecular complexity index is 757. The summed E-state index contributed by atoms with van der Waals surface area (Å²) in [7, 11) is -3.88. The van der Waals surface area contributed by atoms with Crippen LogP contribution in [-0.4, -0.2) is 26.7 Å². The molecule has 0 unspecified atom stereocenters. The van der Waals surface area contributed by atoms with Gasteiger partial charge in [-0.3, -0.25) is 0 Å². The van der Waals surface area contributed by atoms with Crippen LogP contribution in [0.1, 0.15) is 29.9 Å². The predicted octanol–water partition coefficient (Wildman–Crippen LogP) is 3.60. The lowest BCUT2D eigenvalue weighted by atomic mass is 9.95. The van der Waals surface area contributed by atoms with Gasteiger partial charge in [-0.2, -0.15) is 24.5 Å². The van der Waals surface area contributed by atoms with E-state index in [0.29, 0.717) is 12.8 Å². The molecule has 2 aromatic rings. The first-order valence-electron chi connectivity index (χ1n) is 7.54. The number of rotatable bonds is 8. The number of halogens is 3. The molecular weight excluding hydrogens is 375 g/mol. The van der Waals surface area contributed by atoms with E-state index in [1.165, 1.54) is 11.3 Å². The number of hydrogen-bond donors (Lipinski definition) is 2. The third-order valence-electron chi connectivity index (χ3n) is 3.77. The second-order valence-electron chi connectivity index (χ2n) is 5.47. The molecule has 2 N–H and O–H groups in total. The zero-order chi connectivity index (χ0) is 18.5. The molecule has 0 amide bonds. The Hall–Kier alpha value is -1.42. The number of alkyl halides is 3. The Morgan fingerprint density at radius 1 is 1.12 bits per heavy atom. The van der Waals surface area contributed by atoms with Crippen LogP contribution in [0.2, 0.25) is 0 Å². The molecule has 0 fully saturated rings. The molecule has 1 heterocycles. The van der Waals surface area contributed by atoms with Crippen LogP contribution in [0.4, 0.5) is 13.2 Å². The monoisotopic (exact) mass is 393 g/mol. The number of sulfonamides is 1. The summed E-state index contributed by atoms with van der Waals surface area (Å²) < 4.78 is 64.3. The maximum absolute atomic E-state index is 12.5. The molecule has 138 valence electrons. The van der Waals surface area contributed by atoms with Crippen molar-refractivity contribution < 1.29 is 26.7 Å². The third-order valence-corrected chi connectivity index (χ3v) is 5.95. The number of hydrogen-bond acceptors (Lipinski definition) is 4. The fourth-order valence-corrected chi connectivity index (χ4v) is 4.20. The van der Waals surface area contributed by atoms with Crippen LogP contribution in [0.3, 0.4) is 0 Å². The smallest absolute Gasteiger partial charge is 0.396 e. The molecule has 0 aliphatic carbocycles. The van der Waals surface area contributed by atoms with Crippen LogP contribution in [0.25, 0.3) is 0 Å². The molecule has 9 heteroatoms. The Labute approximate surface area is 148 Å². The van der Waals surface area contributed by atoms with Crippen molar-refractivity contribution in [3.8, 4) is 0 Å². The Balaban J connectivity index is 1.99. The molecule has 0 saturated carbocycles. The van der Waals surface area contributed by atoms with Gasteiger partial charge in [0.15, 0.2) is 0 Å². The van der Waals surface area contributed by atoms with E-state index in [9.17, 15) is 21.6 Å². The fraction of sp³-hybridized carbons (Fsp3) is 0.375. The minimum absolute atomic E-state index is 0.00777. The molecule has 1 aromatic heterocycles. The van der Waals surface area contributed by atoms with E-state index in [-0.39, 0.29) is 24.0 Å². The Morgan fingerprint density at radius 3 is 2.32 bits per heavy atom. The zero-order valence-corrected chi connectivity index (χ0v) is 14.8. The average Bonchev–Trinajstić information content (AvgIpc) is 3.07. The highest BCUT2D eigenvalue weighted by molar-refractivity contribution is 7.89. The van der Waals surface area contributed by atoms with Gasteiger partial charge in [-0.15, -0.1) is 0 Å². The number of thiophene rings is 1. The summed E-state index contributed by atoms with van der Waals surface area (Å²) in [6.45, 7) is 0.121. The number of aliphatic hydroxyl groups is 1. The molecule has 1 atom stereocenters. The van der Waals surface area contributed by atoms with E-state index >= 15 is 0 Å². The van der Waals surface area contributed by atoms with Crippen LogP contribution in [0.15, 0.2) is 46.0 Å². The highest BCUT2D eigenvalue weighted by Crippen LogP contribution is 2.30. The quantitative estimate of drug-likeness (QED) is 0.720. The van der Waals surface area contributed by atoms with Gasteiger partial charge in [-0.05, 0) is 65.4 Å². The van der Waals surface area contributed by atoms with Crippen molar-refractivity contribution in [2.24, 2.45) is 0 Å². The highest BCUT2D eigenvalue weighted by atomic mass is 32.2. The van der Waals surface area contributed by atoms with Crippen molar-refractivity contribution >= 4 is 21.4 Å². The first kappa shape index (κ1) is 19.9. The SMILES string of the molecule is O=S(=O)(NCC[C@H](CCO)c1ccsc1)c1ccc(C(F)(F)F)cc1. The van der Waals surface area contributed by atoms with E-state index < -0.39 is 21.8 Å². The lowest BCUT2D eigenvalue weighted by Gasteiger charge is -2.15. The summed E-state index contributed by atoms with van der Waals surface area (Å²) in [5.41, 5.74) is 0.139. The number of benzene rings is 1. The Kier molecular flexibility index (Phi) is 6.61. The summed E-state index contributed by atoms with van der Waals surface area (Å²) in [5, 5.41) is 13.0. The molecule has 2 rings (SSSR count). The largest absolute Gasteiger partial charge is 0.416 e. The first-order chi connectivity index (χ1) is 11.7. The summed E-state index contributed by atoms with van der Waals surface area (Å²) in [5.74, 6) is 0.0200. The van der Waals surface area contributed by atoms with Gasteiger partial charge >= 0.3 is 6.18 Å². The molecule has 1 aromatic carbocycles. The molecule has 0 spiro atoms. The first-order valence-corrected chi connectivity index (χ1v) is 9.96. The summed E-state index contributed by atoms with van der Waals surface area (Å²) >= 11 is 1.52. The van der Waals surface area contributed by atoms with Crippen molar-refractivity contribution in [2.45, 2.75) is 29.8 Å². The van der Waals surface area contributed by atoms with Crippen molar-refractivity contribution in [1.29, 1.82) is 0 Å². The summed E-state index contributed by atoms with van der Waals surface area (Å²) in [6, 6.07) is 5.29. The topological polar surface area (TPSA) is 66.4 Å². The van der Waals surface area contributed by atoms with Crippen LogP contribution in [-0.2, 0) is 16.2 Å². The summed E-state index contributed by atoms with van der Waals surface area (Å²) in [6.07, 6.45) is -3.51. The van der Waals surface area contributed by atoms with E-state index in [2.05, 4.69) is 4.72 Å². The van der Waals surface area contributed by atoms with E-state index in [0.717, 1.165) is 29.8 Å². The van der Waals surface area contributed by atoms with Crippen LogP contribution in [0, 0.1) is 0 Å². The standard InChI is InChI=1S/C16H18F3NO3S2/c17-16(18,19)14-1-3-15(4-2-14)25(22,23)20-8-5-12(6-9-21)13-7-10-24-11-13/h1-4,7,10-12,20-21H,5-6,8-9H2/t12-/m1/s1. The Morgan fingerprint density at radius 2 is 1.80 bits per heavy atom. The maximum Gasteiger partial charge on any atom is 0.416 e. The van der Waals surface area contributed by atoms with Crippen molar-refractivity contribution in [1.82, 2.24) is 4.72 Å².